The van der Waals surface area contributed by atoms with Gasteiger partial charge in [-0.1, -0.05) is 61.7 Å². The summed E-state index contributed by atoms with van der Waals surface area (Å²) in [6.45, 7) is 3.02. The van der Waals surface area contributed by atoms with Crippen LogP contribution in [0.5, 0.6) is 0 Å². The minimum Gasteiger partial charge on any atom is -0.465 e. The van der Waals surface area contributed by atoms with Crippen LogP contribution in [0.15, 0.2) is 48.5 Å². The molecule has 0 radical (unpaired) electrons. The molecule has 0 N–H and O–H groups in total. The second-order valence-electron chi connectivity index (χ2n) is 7.63. The standard InChI is InChI=1S/C24H28ClNO4/c1-2-3-5-10-23(27)29-17-19-13-20-14-21(25)11-12-22(20)26(15-19)24(28)30-16-18-8-6-4-7-9-18/h4,6-9,11-12,14,19H,2-3,5,10,13,15-17H2,1H3. The molecule has 1 amide bonds. The molecule has 0 saturated carbocycles. The number of fused-ring (bicyclic) bond motifs is 1. The van der Waals surface area contributed by atoms with E-state index >= 15 is 0 Å². The lowest BCUT2D eigenvalue weighted by atomic mass is 9.93. The highest BCUT2D eigenvalue weighted by molar-refractivity contribution is 6.30. The zero-order valence-electron chi connectivity index (χ0n) is 17.3. The number of hydrogen-bond donors (Lipinski definition) is 0. The van der Waals surface area contributed by atoms with E-state index in [4.69, 9.17) is 21.1 Å². The number of nitrogens with zero attached hydrogens (tertiary/aromatic N) is 1. The Hall–Kier alpha value is -2.53. The molecule has 6 heteroatoms. The molecule has 0 saturated heterocycles. The van der Waals surface area contributed by atoms with Crippen LogP contribution >= 0.6 is 11.6 Å². The topological polar surface area (TPSA) is 55.8 Å². The Morgan fingerprint density at radius 1 is 1.10 bits per heavy atom. The number of carbonyl (C=O) groups is 2. The minimum absolute atomic E-state index is 0.00429. The molecule has 0 aliphatic carbocycles. The number of rotatable bonds is 8. The second kappa shape index (κ2) is 11.0. The summed E-state index contributed by atoms with van der Waals surface area (Å²) in [6, 6.07) is 15.0. The van der Waals surface area contributed by atoms with Gasteiger partial charge < -0.3 is 9.47 Å². The summed E-state index contributed by atoms with van der Waals surface area (Å²) in [5.41, 5.74) is 2.68. The van der Waals surface area contributed by atoms with Crippen molar-refractivity contribution < 1.29 is 19.1 Å². The van der Waals surface area contributed by atoms with Gasteiger partial charge in [0.25, 0.3) is 0 Å². The van der Waals surface area contributed by atoms with Gasteiger partial charge in [-0.25, -0.2) is 4.79 Å². The summed E-state index contributed by atoms with van der Waals surface area (Å²) in [6.07, 6.45) is 3.64. The third-order valence-corrected chi connectivity index (χ3v) is 5.41. The summed E-state index contributed by atoms with van der Waals surface area (Å²) < 4.78 is 11.0. The van der Waals surface area contributed by atoms with Crippen LogP contribution in [-0.4, -0.2) is 25.2 Å². The predicted octanol–water partition coefficient (Wildman–Crippen LogP) is 5.78. The number of ether oxygens (including phenoxy) is 2. The number of amides is 1. The Balaban J connectivity index is 1.64. The molecule has 2 aromatic carbocycles. The predicted molar refractivity (Wildman–Crippen MR) is 118 cm³/mol. The summed E-state index contributed by atoms with van der Waals surface area (Å²) in [5.74, 6) is -0.186. The van der Waals surface area contributed by atoms with Crippen molar-refractivity contribution in [2.24, 2.45) is 5.92 Å². The average molecular weight is 430 g/mol. The van der Waals surface area contributed by atoms with Crippen molar-refractivity contribution in [2.75, 3.05) is 18.1 Å². The van der Waals surface area contributed by atoms with Crippen molar-refractivity contribution >= 4 is 29.4 Å². The number of esters is 1. The van der Waals surface area contributed by atoms with E-state index in [1.165, 1.54) is 0 Å². The van der Waals surface area contributed by atoms with Crippen molar-refractivity contribution in [3.8, 4) is 0 Å². The lowest BCUT2D eigenvalue weighted by Gasteiger charge is -2.33. The molecule has 0 fully saturated rings. The highest BCUT2D eigenvalue weighted by atomic mass is 35.5. The van der Waals surface area contributed by atoms with Crippen LogP contribution in [0.3, 0.4) is 0 Å². The van der Waals surface area contributed by atoms with Crippen LogP contribution in [0, 0.1) is 5.92 Å². The van der Waals surface area contributed by atoms with E-state index < -0.39 is 6.09 Å². The summed E-state index contributed by atoms with van der Waals surface area (Å²) in [7, 11) is 0. The molecule has 1 heterocycles. The van der Waals surface area contributed by atoms with E-state index in [1.807, 2.05) is 42.5 Å². The molecule has 1 atom stereocenters. The summed E-state index contributed by atoms with van der Waals surface area (Å²) >= 11 is 6.17. The van der Waals surface area contributed by atoms with Crippen LogP contribution in [0.4, 0.5) is 10.5 Å². The first-order valence-electron chi connectivity index (χ1n) is 10.5. The maximum Gasteiger partial charge on any atom is 0.414 e. The van der Waals surface area contributed by atoms with Crippen molar-refractivity contribution in [2.45, 2.75) is 45.6 Å². The molecule has 0 bridgehead atoms. The number of hydrogen-bond acceptors (Lipinski definition) is 4. The molecular weight excluding hydrogens is 402 g/mol. The number of halogens is 1. The first-order valence-corrected chi connectivity index (χ1v) is 10.9. The van der Waals surface area contributed by atoms with E-state index in [0.717, 1.165) is 36.1 Å². The van der Waals surface area contributed by atoms with Gasteiger partial charge in [0.05, 0.1) is 12.3 Å². The maximum absolute atomic E-state index is 12.8. The van der Waals surface area contributed by atoms with Crippen molar-refractivity contribution in [1.82, 2.24) is 0 Å². The number of anilines is 1. The molecule has 1 unspecified atom stereocenters. The van der Waals surface area contributed by atoms with Crippen LogP contribution in [0.2, 0.25) is 5.02 Å². The van der Waals surface area contributed by atoms with Gasteiger partial charge in [-0.15, -0.1) is 0 Å². The quantitative estimate of drug-likeness (QED) is 0.394. The Morgan fingerprint density at radius 2 is 1.90 bits per heavy atom. The summed E-state index contributed by atoms with van der Waals surface area (Å²) in [4.78, 5) is 26.4. The maximum atomic E-state index is 12.8. The van der Waals surface area contributed by atoms with E-state index in [0.29, 0.717) is 24.4 Å². The van der Waals surface area contributed by atoms with Crippen LogP contribution in [0.1, 0.15) is 43.7 Å². The molecule has 0 spiro atoms. The molecular formula is C24H28ClNO4. The molecule has 1 aliphatic heterocycles. The molecule has 3 rings (SSSR count). The second-order valence-corrected chi connectivity index (χ2v) is 8.07. The number of unbranched alkanes of at least 4 members (excludes halogenated alkanes) is 2. The highest BCUT2D eigenvalue weighted by Gasteiger charge is 2.30. The molecule has 0 aromatic heterocycles. The zero-order valence-corrected chi connectivity index (χ0v) is 18.1. The fourth-order valence-electron chi connectivity index (χ4n) is 3.60. The largest absolute Gasteiger partial charge is 0.465 e. The normalized spacial score (nSPS) is 15.4. The number of carbonyl (C=O) groups excluding carboxylic acids is 2. The van der Waals surface area contributed by atoms with Gasteiger partial charge in [0.1, 0.15) is 6.61 Å². The van der Waals surface area contributed by atoms with Gasteiger partial charge in [0.2, 0.25) is 0 Å². The number of benzene rings is 2. The Morgan fingerprint density at radius 3 is 2.67 bits per heavy atom. The Kier molecular flexibility index (Phi) is 8.14. The monoisotopic (exact) mass is 429 g/mol. The van der Waals surface area contributed by atoms with Crippen LogP contribution in [-0.2, 0) is 27.3 Å². The first kappa shape index (κ1) is 22.2. The van der Waals surface area contributed by atoms with E-state index in [2.05, 4.69) is 6.92 Å². The van der Waals surface area contributed by atoms with Crippen molar-refractivity contribution in [3.63, 3.8) is 0 Å². The lowest BCUT2D eigenvalue weighted by Crippen LogP contribution is -2.42. The van der Waals surface area contributed by atoms with Gasteiger partial charge in [-0.05, 0) is 42.2 Å². The van der Waals surface area contributed by atoms with Crippen LogP contribution < -0.4 is 4.90 Å². The fourth-order valence-corrected chi connectivity index (χ4v) is 3.79. The zero-order chi connectivity index (χ0) is 21.3. The van der Waals surface area contributed by atoms with Gasteiger partial charge >= 0.3 is 12.1 Å². The lowest BCUT2D eigenvalue weighted by molar-refractivity contribution is -0.145. The molecule has 30 heavy (non-hydrogen) atoms. The van der Waals surface area contributed by atoms with E-state index in [1.54, 1.807) is 11.0 Å². The Labute approximate surface area is 182 Å². The molecule has 5 nitrogen and oxygen atoms in total. The smallest absolute Gasteiger partial charge is 0.414 e. The van der Waals surface area contributed by atoms with Crippen molar-refractivity contribution in [1.29, 1.82) is 0 Å². The average Bonchev–Trinajstić information content (AvgIpc) is 2.76. The SMILES string of the molecule is CCCCCC(=O)OCC1Cc2cc(Cl)ccc2N(C(=O)OCc2ccccc2)C1. The van der Waals surface area contributed by atoms with Gasteiger partial charge in [0.15, 0.2) is 0 Å². The molecule has 2 aromatic rings. The van der Waals surface area contributed by atoms with Gasteiger partial charge in [0, 0.05) is 23.9 Å². The molecule has 160 valence electrons. The summed E-state index contributed by atoms with van der Waals surface area (Å²) in [5, 5.41) is 0.614. The third kappa shape index (κ3) is 6.23. The fraction of sp³-hybridized carbons (Fsp3) is 0.417. The first-order chi connectivity index (χ1) is 14.6. The van der Waals surface area contributed by atoms with Crippen molar-refractivity contribution in [3.05, 3.63) is 64.7 Å². The van der Waals surface area contributed by atoms with Gasteiger partial charge in [-0.3, -0.25) is 9.69 Å². The van der Waals surface area contributed by atoms with E-state index in [9.17, 15) is 9.59 Å². The van der Waals surface area contributed by atoms with E-state index in [-0.39, 0.29) is 25.1 Å². The van der Waals surface area contributed by atoms with Crippen LogP contribution in [0.25, 0.3) is 0 Å². The Bertz CT molecular complexity index is 856. The third-order valence-electron chi connectivity index (χ3n) is 5.17. The minimum atomic E-state index is -0.415. The van der Waals surface area contributed by atoms with Gasteiger partial charge in [-0.2, -0.15) is 0 Å². The molecule has 1 aliphatic rings. The highest BCUT2D eigenvalue weighted by Crippen LogP contribution is 2.32.